The van der Waals surface area contributed by atoms with E-state index in [1.165, 1.54) is 29.2 Å². The molecule has 2 unspecified atom stereocenters. The number of hydrogen-bond acceptors (Lipinski definition) is 4. The first-order valence-electron chi connectivity index (χ1n) is 6.88. The summed E-state index contributed by atoms with van der Waals surface area (Å²) in [5.74, 6) is 2.41. The van der Waals surface area contributed by atoms with E-state index in [1.807, 2.05) is 35.7 Å². The van der Waals surface area contributed by atoms with Gasteiger partial charge in [-0.15, -0.1) is 11.8 Å². The molecule has 3 rings (SSSR count). The van der Waals surface area contributed by atoms with Crippen LogP contribution in [0.3, 0.4) is 0 Å². The lowest BCUT2D eigenvalue weighted by atomic mass is 9.93. The third-order valence-corrected chi connectivity index (χ3v) is 6.38. The van der Waals surface area contributed by atoms with Crippen molar-refractivity contribution in [2.75, 3.05) is 18.1 Å². The molecule has 1 spiro atoms. The second kappa shape index (κ2) is 6.08. The summed E-state index contributed by atoms with van der Waals surface area (Å²) in [6, 6.07) is 8.27. The van der Waals surface area contributed by atoms with Crippen molar-refractivity contribution in [2.45, 2.75) is 41.6 Å². The Morgan fingerprint density at radius 2 is 2.42 bits per heavy atom. The summed E-state index contributed by atoms with van der Waals surface area (Å²) in [6.45, 7) is 1.03. The molecule has 1 aromatic carbocycles. The minimum Gasteiger partial charge on any atom is -0.392 e. The summed E-state index contributed by atoms with van der Waals surface area (Å²) >= 11 is 3.98. The molecule has 2 fully saturated rings. The fraction of sp³-hybridized carbons (Fsp3) is 0.600. The third kappa shape index (κ3) is 3.30. The van der Waals surface area contributed by atoms with E-state index in [1.54, 1.807) is 0 Å². The van der Waals surface area contributed by atoms with E-state index in [9.17, 15) is 5.11 Å². The minimum atomic E-state index is 0.128. The van der Waals surface area contributed by atoms with Crippen LogP contribution in [0.15, 0.2) is 29.2 Å². The van der Waals surface area contributed by atoms with E-state index < -0.39 is 0 Å². The number of aliphatic hydroxyl groups excluding tert-OH is 1. The van der Waals surface area contributed by atoms with Crippen LogP contribution in [-0.4, -0.2) is 34.1 Å². The molecule has 104 valence electrons. The second-order valence-electron chi connectivity index (χ2n) is 5.37. The highest BCUT2D eigenvalue weighted by atomic mass is 32.2. The number of hydrogen-bond donors (Lipinski definition) is 1. The van der Waals surface area contributed by atoms with Crippen LogP contribution in [0.4, 0.5) is 0 Å². The zero-order chi connectivity index (χ0) is 13.1. The van der Waals surface area contributed by atoms with E-state index in [2.05, 4.69) is 12.1 Å². The average molecular weight is 296 g/mol. The Morgan fingerprint density at radius 1 is 1.47 bits per heavy atom. The Labute approximate surface area is 123 Å². The van der Waals surface area contributed by atoms with Crippen molar-refractivity contribution in [1.29, 1.82) is 0 Å². The van der Waals surface area contributed by atoms with E-state index in [0.29, 0.717) is 5.25 Å². The molecule has 1 N–H and O–H groups in total. The van der Waals surface area contributed by atoms with Crippen LogP contribution in [-0.2, 0) is 11.3 Å². The van der Waals surface area contributed by atoms with Crippen LogP contribution >= 0.6 is 23.5 Å². The Hall–Kier alpha value is -0.160. The molecule has 2 aliphatic heterocycles. The van der Waals surface area contributed by atoms with E-state index in [4.69, 9.17) is 4.74 Å². The van der Waals surface area contributed by atoms with Crippen LogP contribution in [0, 0.1) is 0 Å². The van der Waals surface area contributed by atoms with E-state index in [-0.39, 0.29) is 12.2 Å². The van der Waals surface area contributed by atoms with Crippen molar-refractivity contribution in [2.24, 2.45) is 0 Å². The van der Waals surface area contributed by atoms with Gasteiger partial charge in [-0.25, -0.2) is 0 Å². The Bertz CT molecular complexity index is 430. The highest BCUT2D eigenvalue weighted by Crippen LogP contribution is 2.43. The summed E-state index contributed by atoms with van der Waals surface area (Å²) in [4.78, 5) is 1.28. The van der Waals surface area contributed by atoms with Gasteiger partial charge in [-0.3, -0.25) is 0 Å². The topological polar surface area (TPSA) is 29.5 Å². The fourth-order valence-corrected chi connectivity index (χ4v) is 5.60. The zero-order valence-corrected chi connectivity index (χ0v) is 12.6. The van der Waals surface area contributed by atoms with Gasteiger partial charge in [-0.1, -0.05) is 12.1 Å². The minimum absolute atomic E-state index is 0.128. The largest absolute Gasteiger partial charge is 0.392 e. The Morgan fingerprint density at radius 3 is 3.21 bits per heavy atom. The van der Waals surface area contributed by atoms with Crippen LogP contribution < -0.4 is 0 Å². The van der Waals surface area contributed by atoms with Crippen LogP contribution in [0.1, 0.15) is 24.8 Å². The number of benzene rings is 1. The molecule has 0 bridgehead atoms. The van der Waals surface area contributed by atoms with Gasteiger partial charge < -0.3 is 9.84 Å². The van der Waals surface area contributed by atoms with Gasteiger partial charge in [0.15, 0.2) is 0 Å². The van der Waals surface area contributed by atoms with Gasteiger partial charge in [0.2, 0.25) is 0 Å². The Kier molecular flexibility index (Phi) is 4.42. The summed E-state index contributed by atoms with van der Waals surface area (Å²) in [6.07, 6.45) is 3.53. The molecule has 0 radical (unpaired) electrons. The van der Waals surface area contributed by atoms with Crippen molar-refractivity contribution in [3.05, 3.63) is 29.8 Å². The first kappa shape index (κ1) is 13.8. The third-order valence-electron chi connectivity index (χ3n) is 3.90. The standard InChI is InChI=1S/C15H20O2S2/c16-10-12-2-1-3-13(8-12)19-14-4-6-17-15(9-14)5-7-18-11-15/h1-3,8,14,16H,4-7,9-11H2. The first-order chi connectivity index (χ1) is 9.30. The fourth-order valence-electron chi connectivity index (χ4n) is 2.86. The molecule has 19 heavy (non-hydrogen) atoms. The predicted octanol–water partition coefficient (Wildman–Crippen LogP) is 3.33. The molecular weight excluding hydrogens is 276 g/mol. The maximum Gasteiger partial charge on any atom is 0.0791 e. The molecule has 2 atom stereocenters. The number of rotatable bonds is 3. The lowest BCUT2D eigenvalue weighted by Crippen LogP contribution is -2.40. The molecule has 2 aliphatic rings. The molecule has 0 amide bonds. The number of aliphatic hydroxyl groups is 1. The van der Waals surface area contributed by atoms with E-state index >= 15 is 0 Å². The summed E-state index contributed by atoms with van der Waals surface area (Å²) < 4.78 is 6.07. The molecule has 0 aromatic heterocycles. The maximum absolute atomic E-state index is 9.20. The van der Waals surface area contributed by atoms with Gasteiger partial charge >= 0.3 is 0 Å². The smallest absolute Gasteiger partial charge is 0.0791 e. The van der Waals surface area contributed by atoms with Gasteiger partial charge in [0.05, 0.1) is 12.2 Å². The summed E-state index contributed by atoms with van der Waals surface area (Å²) in [5, 5.41) is 9.86. The molecule has 0 saturated carbocycles. The lowest BCUT2D eigenvalue weighted by molar-refractivity contribution is -0.0562. The van der Waals surface area contributed by atoms with Gasteiger partial charge in [-0.05, 0) is 42.7 Å². The van der Waals surface area contributed by atoms with Crippen molar-refractivity contribution in [3.8, 4) is 0 Å². The molecule has 2 heterocycles. The molecule has 4 heteroatoms. The first-order valence-corrected chi connectivity index (χ1v) is 8.91. The zero-order valence-electron chi connectivity index (χ0n) is 11.0. The quantitative estimate of drug-likeness (QED) is 0.926. The average Bonchev–Trinajstić information content (AvgIpc) is 2.87. The van der Waals surface area contributed by atoms with E-state index in [0.717, 1.165) is 18.6 Å². The van der Waals surface area contributed by atoms with Crippen LogP contribution in [0.2, 0.25) is 0 Å². The molecule has 1 aromatic rings. The second-order valence-corrected chi connectivity index (χ2v) is 7.85. The van der Waals surface area contributed by atoms with Gasteiger partial charge in [0.25, 0.3) is 0 Å². The molecule has 0 aliphatic carbocycles. The van der Waals surface area contributed by atoms with Crippen LogP contribution in [0.25, 0.3) is 0 Å². The van der Waals surface area contributed by atoms with Gasteiger partial charge in [0, 0.05) is 22.5 Å². The SMILES string of the molecule is OCc1cccc(SC2CCOC3(CCSC3)C2)c1. The highest BCUT2D eigenvalue weighted by Gasteiger charge is 2.40. The highest BCUT2D eigenvalue weighted by molar-refractivity contribution is 8.00. The van der Waals surface area contributed by atoms with Crippen molar-refractivity contribution < 1.29 is 9.84 Å². The number of thioether (sulfide) groups is 2. The Balaban J connectivity index is 1.65. The predicted molar refractivity (Wildman–Crippen MR) is 81.9 cm³/mol. The van der Waals surface area contributed by atoms with Crippen LogP contribution in [0.5, 0.6) is 0 Å². The monoisotopic (exact) mass is 296 g/mol. The maximum atomic E-state index is 9.20. The summed E-state index contributed by atoms with van der Waals surface area (Å²) in [7, 11) is 0. The lowest BCUT2D eigenvalue weighted by Gasteiger charge is -2.37. The summed E-state index contributed by atoms with van der Waals surface area (Å²) in [5.41, 5.74) is 1.16. The molecular formula is C15H20O2S2. The molecule has 2 nitrogen and oxygen atoms in total. The van der Waals surface area contributed by atoms with Gasteiger partial charge in [0.1, 0.15) is 0 Å². The van der Waals surface area contributed by atoms with Gasteiger partial charge in [-0.2, -0.15) is 11.8 Å². The number of ether oxygens (including phenoxy) is 1. The van der Waals surface area contributed by atoms with Crippen molar-refractivity contribution in [3.63, 3.8) is 0 Å². The molecule has 2 saturated heterocycles. The normalized spacial score (nSPS) is 30.9. The van der Waals surface area contributed by atoms with Crippen molar-refractivity contribution in [1.82, 2.24) is 0 Å². The van der Waals surface area contributed by atoms with Crippen molar-refractivity contribution >= 4 is 23.5 Å².